The van der Waals surface area contributed by atoms with Crippen LogP contribution in [0.2, 0.25) is 0 Å². The van der Waals surface area contributed by atoms with Crippen LogP contribution in [0.4, 0.5) is 5.69 Å². The molecule has 2 heterocycles. The van der Waals surface area contributed by atoms with Crippen molar-refractivity contribution in [3.63, 3.8) is 0 Å². The fourth-order valence-electron chi connectivity index (χ4n) is 4.63. The van der Waals surface area contributed by atoms with Gasteiger partial charge < -0.3 is 65.1 Å². The van der Waals surface area contributed by atoms with Gasteiger partial charge in [0.05, 0.1) is 30.3 Å². The standard InChI is InChI=1S/C23H31N5O16/c24-27-25-6-14(33)26-15-11(31)5-23(22(37)38,43-19(15)16(34)12(32)7-29)44-20-17(35)13(8-30)42-21(18(20)36)41-10-3-1-9(2-4-10)28(39)40/h1-4,11-13,15-21,29-32,34-36H,5-8H2,(H,26,33)(H,37,38)/t11-,12+,13+,15+,16+,17-,18+,19+,20-,21+,23-/m0/s1. The molecule has 244 valence electrons. The lowest BCUT2D eigenvalue weighted by molar-refractivity contribution is -0.384. The summed E-state index contributed by atoms with van der Waals surface area (Å²) in [6.45, 7) is -2.75. The molecule has 1 aromatic rings. The summed E-state index contributed by atoms with van der Waals surface area (Å²) in [6.07, 6.45) is -18.5. The Bertz CT molecular complexity index is 1220. The van der Waals surface area contributed by atoms with Crippen molar-refractivity contribution in [1.29, 1.82) is 0 Å². The van der Waals surface area contributed by atoms with Gasteiger partial charge in [-0.2, -0.15) is 0 Å². The molecular weight excluding hydrogens is 602 g/mol. The van der Waals surface area contributed by atoms with Gasteiger partial charge in [0, 0.05) is 23.5 Å². The van der Waals surface area contributed by atoms with Crippen LogP contribution in [0.5, 0.6) is 5.75 Å². The minimum absolute atomic E-state index is 0.0794. The van der Waals surface area contributed by atoms with Gasteiger partial charge in [0.1, 0.15) is 55.0 Å². The summed E-state index contributed by atoms with van der Waals surface area (Å²) in [5.74, 6) is -6.06. The van der Waals surface area contributed by atoms with E-state index in [0.29, 0.717) is 0 Å². The van der Waals surface area contributed by atoms with E-state index < -0.39 is 110 Å². The average Bonchev–Trinajstić information content (AvgIpc) is 3.00. The maximum absolute atomic E-state index is 12.6. The maximum atomic E-state index is 12.6. The van der Waals surface area contributed by atoms with Crippen molar-refractivity contribution in [2.75, 3.05) is 19.8 Å². The third kappa shape index (κ3) is 7.67. The van der Waals surface area contributed by atoms with Crippen molar-refractivity contribution in [2.45, 2.75) is 73.4 Å². The Hall–Kier alpha value is -3.73. The molecule has 11 atom stereocenters. The summed E-state index contributed by atoms with van der Waals surface area (Å²) >= 11 is 0. The molecule has 1 aromatic carbocycles. The van der Waals surface area contributed by atoms with Crippen molar-refractivity contribution < 1.29 is 74.3 Å². The van der Waals surface area contributed by atoms with Crippen molar-refractivity contribution in [3.05, 3.63) is 44.8 Å². The number of rotatable bonds is 13. The Balaban J connectivity index is 1.94. The summed E-state index contributed by atoms with van der Waals surface area (Å²) in [4.78, 5) is 37.4. The zero-order valence-electron chi connectivity index (χ0n) is 22.5. The van der Waals surface area contributed by atoms with Crippen molar-refractivity contribution >= 4 is 17.6 Å². The quantitative estimate of drug-likeness (QED) is 0.0331. The molecule has 1 amide bonds. The SMILES string of the molecule is [N-]=[N+]=NCC(=O)N[C@H]1[C@H]([C@H](O)[C@H](O)CO)O[C@@](O[C@H]2[C@@H](O)[C@@H](CO)O[C@@H](Oc3ccc([N+](=O)[O-])cc3)[C@@H]2O)(C(=O)O)C[C@@H]1O. The highest BCUT2D eigenvalue weighted by Gasteiger charge is 2.59. The highest BCUT2D eigenvalue weighted by Crippen LogP contribution is 2.37. The van der Waals surface area contributed by atoms with E-state index in [1.807, 2.05) is 0 Å². The van der Waals surface area contributed by atoms with Crippen LogP contribution in [0.1, 0.15) is 6.42 Å². The molecule has 2 fully saturated rings. The van der Waals surface area contributed by atoms with Gasteiger partial charge in [-0.05, 0) is 17.7 Å². The molecule has 0 saturated carbocycles. The Morgan fingerprint density at radius 2 is 1.86 bits per heavy atom. The van der Waals surface area contributed by atoms with E-state index in [1.54, 1.807) is 0 Å². The first kappa shape index (κ1) is 34.8. The predicted octanol–water partition coefficient (Wildman–Crippen LogP) is -3.76. The van der Waals surface area contributed by atoms with Crippen LogP contribution in [0.25, 0.3) is 10.4 Å². The summed E-state index contributed by atoms with van der Waals surface area (Å²) in [5.41, 5.74) is 8.15. The first-order valence-electron chi connectivity index (χ1n) is 12.9. The number of nitro benzene ring substituents is 1. The normalized spacial score (nSPS) is 33.3. The molecular formula is C23H31N5O16. The Kier molecular flexibility index (Phi) is 11.7. The van der Waals surface area contributed by atoms with Crippen molar-refractivity contribution in [1.82, 2.24) is 5.32 Å². The second kappa shape index (κ2) is 14.8. The lowest BCUT2D eigenvalue weighted by Crippen LogP contribution is -2.70. The molecule has 0 aromatic heterocycles. The smallest absolute Gasteiger partial charge is 0.364 e. The molecule has 21 heteroatoms. The number of amides is 1. The zero-order valence-corrected chi connectivity index (χ0v) is 22.5. The number of hydrogen-bond donors (Lipinski definition) is 9. The van der Waals surface area contributed by atoms with Crippen molar-refractivity contribution in [2.24, 2.45) is 5.11 Å². The van der Waals surface area contributed by atoms with E-state index in [4.69, 9.17) is 24.5 Å². The van der Waals surface area contributed by atoms with Gasteiger partial charge in [0.2, 0.25) is 12.2 Å². The Labute approximate surface area is 246 Å². The van der Waals surface area contributed by atoms with Gasteiger partial charge >= 0.3 is 5.97 Å². The third-order valence-corrected chi connectivity index (χ3v) is 6.87. The van der Waals surface area contributed by atoms with Gasteiger partial charge in [0.25, 0.3) is 11.5 Å². The summed E-state index contributed by atoms with van der Waals surface area (Å²) in [6, 6.07) is 2.77. The number of hydrogen-bond acceptors (Lipinski definition) is 16. The fourth-order valence-corrected chi connectivity index (χ4v) is 4.63. The summed E-state index contributed by atoms with van der Waals surface area (Å²) < 4.78 is 21.9. The van der Waals surface area contributed by atoms with Gasteiger partial charge in [0.15, 0.2) is 0 Å². The molecule has 0 spiro atoms. The minimum atomic E-state index is -3.02. The third-order valence-electron chi connectivity index (χ3n) is 6.87. The van der Waals surface area contributed by atoms with E-state index in [1.165, 1.54) is 0 Å². The summed E-state index contributed by atoms with van der Waals surface area (Å²) in [7, 11) is 0. The number of ether oxygens (including phenoxy) is 4. The molecule has 0 unspecified atom stereocenters. The number of aliphatic hydroxyl groups is 7. The van der Waals surface area contributed by atoms with Gasteiger partial charge in [-0.1, -0.05) is 5.11 Å². The molecule has 2 aliphatic heterocycles. The lowest BCUT2D eigenvalue weighted by Gasteiger charge is -2.49. The number of azide groups is 1. The second-order valence-corrected chi connectivity index (χ2v) is 9.79. The number of carboxylic acid groups (broad SMARTS) is 1. The lowest BCUT2D eigenvalue weighted by atomic mass is 9.88. The highest BCUT2D eigenvalue weighted by molar-refractivity contribution is 5.79. The molecule has 9 N–H and O–H groups in total. The average molecular weight is 634 g/mol. The van der Waals surface area contributed by atoms with E-state index in [9.17, 15) is 60.6 Å². The van der Waals surface area contributed by atoms with Gasteiger partial charge in [-0.15, -0.1) is 0 Å². The molecule has 2 aliphatic rings. The molecule has 2 saturated heterocycles. The van der Waals surface area contributed by atoms with E-state index in [2.05, 4.69) is 15.3 Å². The predicted molar refractivity (Wildman–Crippen MR) is 137 cm³/mol. The fraction of sp³-hybridized carbons (Fsp3) is 0.652. The van der Waals surface area contributed by atoms with Crippen LogP contribution in [0.15, 0.2) is 29.4 Å². The first-order valence-corrected chi connectivity index (χ1v) is 12.9. The monoisotopic (exact) mass is 633 g/mol. The van der Waals surface area contributed by atoms with E-state index >= 15 is 0 Å². The van der Waals surface area contributed by atoms with Crippen LogP contribution in [0, 0.1) is 10.1 Å². The topological polar surface area (TPSA) is 337 Å². The number of aliphatic hydroxyl groups excluding tert-OH is 7. The first-order chi connectivity index (χ1) is 20.8. The molecule has 3 rings (SSSR count). The second-order valence-electron chi connectivity index (χ2n) is 9.79. The molecule has 44 heavy (non-hydrogen) atoms. The number of nitro groups is 1. The molecule has 0 radical (unpaired) electrons. The number of carbonyl (C=O) groups excluding carboxylic acids is 1. The number of aliphatic carboxylic acids is 1. The number of carbonyl (C=O) groups is 2. The zero-order chi connectivity index (χ0) is 32.8. The largest absolute Gasteiger partial charge is 0.477 e. The van der Waals surface area contributed by atoms with Crippen molar-refractivity contribution in [3.8, 4) is 5.75 Å². The Morgan fingerprint density at radius 1 is 1.20 bits per heavy atom. The number of nitrogens with one attached hydrogen (secondary N) is 1. The number of nitrogens with zero attached hydrogens (tertiary/aromatic N) is 4. The summed E-state index contributed by atoms with van der Waals surface area (Å²) in [5, 5.41) is 98.8. The van der Waals surface area contributed by atoms with Gasteiger partial charge in [-0.3, -0.25) is 14.9 Å². The van der Waals surface area contributed by atoms with Crippen LogP contribution < -0.4 is 10.1 Å². The molecule has 21 nitrogen and oxygen atoms in total. The van der Waals surface area contributed by atoms with Crippen LogP contribution in [-0.4, -0.2) is 144 Å². The van der Waals surface area contributed by atoms with Gasteiger partial charge in [-0.25, -0.2) is 4.79 Å². The maximum Gasteiger partial charge on any atom is 0.364 e. The van der Waals surface area contributed by atoms with Crippen LogP contribution in [-0.2, 0) is 23.8 Å². The molecule has 0 bridgehead atoms. The number of carboxylic acids is 1. The van der Waals surface area contributed by atoms with E-state index in [0.717, 1.165) is 24.3 Å². The minimum Gasteiger partial charge on any atom is -0.477 e. The highest BCUT2D eigenvalue weighted by atomic mass is 16.8. The van der Waals surface area contributed by atoms with E-state index in [-0.39, 0.29) is 11.4 Å². The Morgan fingerprint density at radius 3 is 2.41 bits per heavy atom. The van der Waals surface area contributed by atoms with Crippen LogP contribution >= 0.6 is 0 Å². The number of non-ortho nitro benzene ring substituents is 1. The van der Waals surface area contributed by atoms with Crippen LogP contribution in [0.3, 0.4) is 0 Å². The number of benzene rings is 1. The molecule has 0 aliphatic carbocycles.